The van der Waals surface area contributed by atoms with Crippen LogP contribution in [0.15, 0.2) is 55.1 Å². The summed E-state index contributed by atoms with van der Waals surface area (Å²) in [5, 5.41) is 0. The van der Waals surface area contributed by atoms with Gasteiger partial charge in [0, 0.05) is 11.1 Å². The molecule has 2 N–H and O–H groups in total. The Labute approximate surface area is 99.4 Å². The van der Waals surface area contributed by atoms with Crippen LogP contribution in [0.25, 0.3) is 0 Å². The van der Waals surface area contributed by atoms with Gasteiger partial charge in [0.1, 0.15) is 6.10 Å². The molecular weight excluding hydrogens is 218 g/mol. The summed E-state index contributed by atoms with van der Waals surface area (Å²) in [7, 11) is 0. The number of hydrogen-bond acceptors (Lipinski definition) is 3. The van der Waals surface area contributed by atoms with Crippen LogP contribution in [-0.4, -0.2) is 18.0 Å². The van der Waals surface area contributed by atoms with Crippen molar-refractivity contribution in [1.82, 2.24) is 0 Å². The number of amides is 1. The summed E-state index contributed by atoms with van der Waals surface area (Å²) in [6.45, 7) is 7.07. The molecule has 0 spiro atoms. The van der Waals surface area contributed by atoms with Crippen LogP contribution >= 0.6 is 0 Å². The Kier molecular flexibility index (Phi) is 4.22. The van der Waals surface area contributed by atoms with Crippen molar-refractivity contribution in [1.29, 1.82) is 0 Å². The molecule has 1 aromatic carbocycles. The van der Waals surface area contributed by atoms with Crippen molar-refractivity contribution in [2.24, 2.45) is 5.73 Å². The molecule has 1 atom stereocenters. The first-order valence-corrected chi connectivity index (χ1v) is 4.93. The van der Waals surface area contributed by atoms with Crippen molar-refractivity contribution in [3.8, 4) is 0 Å². The Morgan fingerprint density at radius 3 is 2.35 bits per heavy atom. The predicted octanol–water partition coefficient (Wildman–Crippen LogP) is 2.08. The molecule has 1 unspecified atom stereocenters. The zero-order chi connectivity index (χ0) is 12.8. The maximum atomic E-state index is 11.9. The van der Waals surface area contributed by atoms with Crippen LogP contribution in [-0.2, 0) is 4.74 Å². The van der Waals surface area contributed by atoms with Gasteiger partial charge in [-0.25, -0.2) is 4.79 Å². The van der Waals surface area contributed by atoms with Gasteiger partial charge in [-0.1, -0.05) is 43.5 Å². The van der Waals surface area contributed by atoms with Crippen LogP contribution < -0.4 is 5.73 Å². The monoisotopic (exact) mass is 231 g/mol. The summed E-state index contributed by atoms with van der Waals surface area (Å²) in [6, 6.07) is 8.57. The summed E-state index contributed by atoms with van der Waals surface area (Å²) in [5.74, 6) is -0.309. The van der Waals surface area contributed by atoms with Crippen molar-refractivity contribution in [2.75, 3.05) is 0 Å². The summed E-state index contributed by atoms with van der Waals surface area (Å²) in [4.78, 5) is 22.6. The number of ether oxygens (including phenoxy) is 1. The lowest BCUT2D eigenvalue weighted by Crippen LogP contribution is -2.25. The van der Waals surface area contributed by atoms with E-state index in [9.17, 15) is 9.59 Å². The Morgan fingerprint density at radius 1 is 1.29 bits per heavy atom. The van der Waals surface area contributed by atoms with Crippen molar-refractivity contribution >= 4 is 11.9 Å². The average Bonchev–Trinajstić information content (AvgIpc) is 2.35. The molecule has 0 aliphatic heterocycles. The molecule has 0 saturated heterocycles. The van der Waals surface area contributed by atoms with Gasteiger partial charge in [-0.15, -0.1) is 0 Å². The number of primary amides is 1. The molecule has 1 aromatic rings. The highest BCUT2D eigenvalue weighted by Crippen LogP contribution is 2.13. The van der Waals surface area contributed by atoms with E-state index in [-0.39, 0.29) is 11.4 Å². The Bertz CT molecular complexity index is 451. The van der Waals surface area contributed by atoms with Gasteiger partial charge in [0.05, 0.1) is 0 Å². The summed E-state index contributed by atoms with van der Waals surface area (Å²) in [6.07, 6.45) is -0.578. The molecule has 0 aliphatic rings. The van der Waals surface area contributed by atoms with Crippen LogP contribution in [0.4, 0.5) is 4.79 Å². The van der Waals surface area contributed by atoms with Crippen molar-refractivity contribution in [3.63, 3.8) is 0 Å². The number of carbonyl (C=O) groups excluding carboxylic acids is 2. The van der Waals surface area contributed by atoms with Crippen LogP contribution in [0.3, 0.4) is 0 Å². The average molecular weight is 231 g/mol. The molecule has 4 nitrogen and oxygen atoms in total. The number of hydrogen-bond donors (Lipinski definition) is 1. The van der Waals surface area contributed by atoms with E-state index in [1.165, 1.54) is 6.08 Å². The first kappa shape index (κ1) is 12.7. The molecule has 0 heterocycles. The van der Waals surface area contributed by atoms with E-state index in [1.807, 2.05) is 0 Å². The SMILES string of the molecule is C=CC(OC(N)=O)C(=C)C(=O)c1ccccc1. The van der Waals surface area contributed by atoms with E-state index >= 15 is 0 Å². The van der Waals surface area contributed by atoms with E-state index in [0.29, 0.717) is 5.56 Å². The fourth-order valence-electron chi connectivity index (χ4n) is 1.29. The maximum Gasteiger partial charge on any atom is 0.405 e. The van der Waals surface area contributed by atoms with Gasteiger partial charge < -0.3 is 10.5 Å². The second kappa shape index (κ2) is 5.65. The number of rotatable bonds is 5. The number of nitrogens with two attached hydrogens (primary N) is 1. The summed E-state index contributed by atoms with van der Waals surface area (Å²) < 4.78 is 4.70. The van der Waals surface area contributed by atoms with Crippen molar-refractivity contribution in [2.45, 2.75) is 6.10 Å². The van der Waals surface area contributed by atoms with Crippen LogP contribution in [0.1, 0.15) is 10.4 Å². The zero-order valence-electron chi connectivity index (χ0n) is 9.26. The lowest BCUT2D eigenvalue weighted by molar-refractivity contribution is 0.0984. The minimum atomic E-state index is -0.975. The number of carbonyl (C=O) groups is 2. The third-order valence-electron chi connectivity index (χ3n) is 2.13. The molecule has 4 heteroatoms. The minimum Gasteiger partial charge on any atom is -0.437 e. The number of benzene rings is 1. The van der Waals surface area contributed by atoms with Gasteiger partial charge in [-0.3, -0.25) is 4.79 Å². The summed E-state index contributed by atoms with van der Waals surface area (Å²) >= 11 is 0. The molecule has 1 amide bonds. The quantitative estimate of drug-likeness (QED) is 0.479. The van der Waals surface area contributed by atoms with E-state index < -0.39 is 12.2 Å². The van der Waals surface area contributed by atoms with E-state index in [0.717, 1.165) is 0 Å². The fourth-order valence-corrected chi connectivity index (χ4v) is 1.29. The second-order valence-corrected chi connectivity index (χ2v) is 3.31. The third kappa shape index (κ3) is 3.31. The van der Waals surface area contributed by atoms with Crippen LogP contribution in [0, 0.1) is 0 Å². The smallest absolute Gasteiger partial charge is 0.405 e. The molecule has 0 aromatic heterocycles. The summed E-state index contributed by atoms with van der Waals surface area (Å²) in [5.41, 5.74) is 5.47. The lowest BCUT2D eigenvalue weighted by atomic mass is 10.0. The van der Waals surface area contributed by atoms with Gasteiger partial charge >= 0.3 is 6.09 Å². The largest absolute Gasteiger partial charge is 0.437 e. The van der Waals surface area contributed by atoms with Gasteiger partial charge in [0.2, 0.25) is 0 Å². The highest BCUT2D eigenvalue weighted by atomic mass is 16.6. The fraction of sp³-hybridized carbons (Fsp3) is 0.0769. The third-order valence-corrected chi connectivity index (χ3v) is 2.13. The predicted molar refractivity (Wildman–Crippen MR) is 64.6 cm³/mol. The molecule has 0 saturated carbocycles. The van der Waals surface area contributed by atoms with E-state index in [4.69, 9.17) is 10.5 Å². The highest BCUT2D eigenvalue weighted by Gasteiger charge is 2.20. The number of Topliss-reactive ketones (excluding diaryl/α,β-unsaturated/α-hetero) is 1. The molecule has 0 aliphatic carbocycles. The molecule has 0 fully saturated rings. The first-order chi connectivity index (χ1) is 8.06. The zero-order valence-corrected chi connectivity index (χ0v) is 9.26. The molecule has 0 bridgehead atoms. The molecule has 88 valence electrons. The van der Waals surface area contributed by atoms with Gasteiger partial charge in [0.15, 0.2) is 5.78 Å². The van der Waals surface area contributed by atoms with Gasteiger partial charge in [-0.05, 0) is 6.08 Å². The molecule has 0 radical (unpaired) electrons. The normalized spacial score (nSPS) is 11.3. The van der Waals surface area contributed by atoms with Gasteiger partial charge in [-0.2, -0.15) is 0 Å². The van der Waals surface area contributed by atoms with E-state index in [1.54, 1.807) is 30.3 Å². The standard InChI is InChI=1S/C13H13NO3/c1-3-11(17-13(14)16)9(2)12(15)10-7-5-4-6-8-10/h3-8,11H,1-2H2,(H2,14,16). The topological polar surface area (TPSA) is 69.4 Å². The van der Waals surface area contributed by atoms with Crippen molar-refractivity contribution in [3.05, 3.63) is 60.7 Å². The molecular formula is C13H13NO3. The highest BCUT2D eigenvalue weighted by molar-refractivity contribution is 6.09. The van der Waals surface area contributed by atoms with Crippen LogP contribution in [0.2, 0.25) is 0 Å². The van der Waals surface area contributed by atoms with Crippen LogP contribution in [0.5, 0.6) is 0 Å². The lowest BCUT2D eigenvalue weighted by Gasteiger charge is -2.14. The second-order valence-electron chi connectivity index (χ2n) is 3.31. The van der Waals surface area contributed by atoms with E-state index in [2.05, 4.69) is 13.2 Å². The minimum absolute atomic E-state index is 0.116. The first-order valence-electron chi connectivity index (χ1n) is 4.93. The van der Waals surface area contributed by atoms with Crippen molar-refractivity contribution < 1.29 is 14.3 Å². The Morgan fingerprint density at radius 2 is 1.88 bits per heavy atom. The Hall–Kier alpha value is -2.36. The number of ketones is 1. The van der Waals surface area contributed by atoms with Gasteiger partial charge in [0.25, 0.3) is 0 Å². The Balaban J connectivity index is 2.85. The molecule has 1 rings (SSSR count). The maximum absolute atomic E-state index is 11.9. The molecule has 17 heavy (non-hydrogen) atoms.